The zero-order valence-corrected chi connectivity index (χ0v) is 11.7. The number of nitrogens with zero attached hydrogens (tertiary/aromatic N) is 1. The Hall–Kier alpha value is -1.83. The molecule has 1 aromatic heterocycles. The Balaban J connectivity index is 2.30. The molecular weight excluding hydrogens is 234 g/mol. The van der Waals surface area contributed by atoms with Crippen LogP contribution in [0.15, 0.2) is 42.7 Å². The maximum absolute atomic E-state index is 12.4. The van der Waals surface area contributed by atoms with Gasteiger partial charge in [-0.3, -0.25) is 9.36 Å². The van der Waals surface area contributed by atoms with Gasteiger partial charge >= 0.3 is 0 Å². The summed E-state index contributed by atoms with van der Waals surface area (Å²) >= 11 is 0. The maximum atomic E-state index is 12.4. The van der Waals surface area contributed by atoms with E-state index in [0.29, 0.717) is 0 Å². The molecule has 0 spiro atoms. The minimum atomic E-state index is 0.0558. The molecule has 0 bridgehead atoms. The molecule has 0 radical (unpaired) electrons. The van der Waals surface area contributed by atoms with Gasteiger partial charge < -0.3 is 0 Å². The molecule has 0 aliphatic rings. The first-order valence-electron chi connectivity index (χ1n) is 7.05. The molecule has 2 aromatic rings. The van der Waals surface area contributed by atoms with E-state index in [1.54, 1.807) is 4.57 Å². The molecule has 19 heavy (non-hydrogen) atoms. The molecule has 2 heteroatoms. The van der Waals surface area contributed by atoms with E-state index in [2.05, 4.69) is 13.8 Å². The maximum Gasteiger partial charge on any atom is 0.261 e. The lowest BCUT2D eigenvalue weighted by Crippen LogP contribution is -2.09. The highest BCUT2D eigenvalue weighted by atomic mass is 16.2. The van der Waals surface area contributed by atoms with E-state index in [1.165, 1.54) is 11.1 Å². The van der Waals surface area contributed by atoms with Crippen molar-refractivity contribution in [3.63, 3.8) is 0 Å². The largest absolute Gasteiger partial charge is 0.290 e. The molecule has 2 nitrogen and oxygen atoms in total. The fraction of sp³-hybridized carbons (Fsp3) is 0.353. The van der Waals surface area contributed by atoms with E-state index in [-0.39, 0.29) is 5.91 Å². The highest BCUT2D eigenvalue weighted by Crippen LogP contribution is 2.16. The first-order valence-corrected chi connectivity index (χ1v) is 7.05. The lowest BCUT2D eigenvalue weighted by molar-refractivity contribution is 0.0960. The normalized spacial score (nSPS) is 10.6. The van der Waals surface area contributed by atoms with Crippen molar-refractivity contribution < 1.29 is 4.79 Å². The van der Waals surface area contributed by atoms with Gasteiger partial charge in [0.25, 0.3) is 5.91 Å². The molecule has 0 atom stereocenters. The summed E-state index contributed by atoms with van der Waals surface area (Å²) in [7, 11) is 0. The Kier molecular flexibility index (Phi) is 4.56. The lowest BCUT2D eigenvalue weighted by atomic mass is 10.1. The summed E-state index contributed by atoms with van der Waals surface area (Å²) in [4.78, 5) is 12.4. The Morgan fingerprint density at radius 1 is 0.947 bits per heavy atom. The van der Waals surface area contributed by atoms with E-state index in [1.807, 2.05) is 42.7 Å². The van der Waals surface area contributed by atoms with Gasteiger partial charge in [-0.1, -0.05) is 44.9 Å². The third-order valence-corrected chi connectivity index (χ3v) is 3.30. The standard InChI is InChI=1S/C17H21NO/c1-3-8-15-12-18(13-16(15)9-4-2)17(19)14-10-6-5-7-11-14/h5-7,10-13H,3-4,8-9H2,1-2H3. The van der Waals surface area contributed by atoms with Crippen molar-refractivity contribution in [2.45, 2.75) is 39.5 Å². The lowest BCUT2D eigenvalue weighted by Gasteiger charge is -2.00. The fourth-order valence-electron chi connectivity index (χ4n) is 2.37. The van der Waals surface area contributed by atoms with Crippen LogP contribution in [0.2, 0.25) is 0 Å². The van der Waals surface area contributed by atoms with E-state index in [9.17, 15) is 4.79 Å². The van der Waals surface area contributed by atoms with Crippen LogP contribution in [0.3, 0.4) is 0 Å². The number of hydrogen-bond acceptors (Lipinski definition) is 1. The zero-order valence-electron chi connectivity index (χ0n) is 11.7. The van der Waals surface area contributed by atoms with Crippen molar-refractivity contribution in [1.29, 1.82) is 0 Å². The van der Waals surface area contributed by atoms with Gasteiger partial charge in [0.1, 0.15) is 0 Å². The van der Waals surface area contributed by atoms with Crippen LogP contribution >= 0.6 is 0 Å². The summed E-state index contributed by atoms with van der Waals surface area (Å²) in [6, 6.07) is 9.45. The summed E-state index contributed by atoms with van der Waals surface area (Å²) in [6.07, 6.45) is 8.32. The number of carbonyl (C=O) groups is 1. The molecule has 1 heterocycles. The van der Waals surface area contributed by atoms with Crippen LogP contribution < -0.4 is 0 Å². The highest BCUT2D eigenvalue weighted by Gasteiger charge is 2.12. The molecule has 0 saturated heterocycles. The predicted molar refractivity (Wildman–Crippen MR) is 78.6 cm³/mol. The molecule has 0 saturated carbocycles. The van der Waals surface area contributed by atoms with Gasteiger partial charge in [-0.15, -0.1) is 0 Å². The van der Waals surface area contributed by atoms with Crippen LogP contribution in [0.25, 0.3) is 0 Å². The number of rotatable bonds is 5. The minimum Gasteiger partial charge on any atom is -0.290 e. The van der Waals surface area contributed by atoms with Gasteiger partial charge in [-0.25, -0.2) is 0 Å². The van der Waals surface area contributed by atoms with Crippen molar-refractivity contribution in [2.75, 3.05) is 0 Å². The number of benzene rings is 1. The van der Waals surface area contributed by atoms with Crippen LogP contribution in [0.4, 0.5) is 0 Å². The number of aromatic nitrogens is 1. The molecule has 0 N–H and O–H groups in total. The molecule has 0 aliphatic heterocycles. The number of hydrogen-bond donors (Lipinski definition) is 0. The van der Waals surface area contributed by atoms with Gasteiger partial charge in [0.05, 0.1) is 0 Å². The average Bonchev–Trinajstić information content (AvgIpc) is 2.83. The van der Waals surface area contributed by atoms with Gasteiger partial charge in [0, 0.05) is 18.0 Å². The summed E-state index contributed by atoms with van der Waals surface area (Å²) in [6.45, 7) is 4.35. The van der Waals surface area contributed by atoms with Crippen LogP contribution in [0.5, 0.6) is 0 Å². The topological polar surface area (TPSA) is 22.0 Å². The first-order chi connectivity index (χ1) is 9.26. The van der Waals surface area contributed by atoms with Crippen molar-refractivity contribution in [2.24, 2.45) is 0 Å². The van der Waals surface area contributed by atoms with Crippen LogP contribution in [-0.4, -0.2) is 10.5 Å². The molecule has 0 aliphatic carbocycles. The SMILES string of the molecule is CCCc1cn(C(=O)c2ccccc2)cc1CCC. The van der Waals surface area contributed by atoms with Crippen molar-refractivity contribution >= 4 is 5.91 Å². The Morgan fingerprint density at radius 2 is 1.47 bits per heavy atom. The fourth-order valence-corrected chi connectivity index (χ4v) is 2.37. The van der Waals surface area contributed by atoms with Crippen molar-refractivity contribution in [1.82, 2.24) is 4.57 Å². The van der Waals surface area contributed by atoms with Gasteiger partial charge in [-0.05, 0) is 36.1 Å². The molecule has 2 rings (SSSR count). The summed E-state index contributed by atoms with van der Waals surface area (Å²) in [5, 5.41) is 0. The van der Waals surface area contributed by atoms with Crippen molar-refractivity contribution in [3.05, 3.63) is 59.4 Å². The number of aryl methyl sites for hydroxylation is 2. The van der Waals surface area contributed by atoms with Crippen LogP contribution in [0.1, 0.15) is 48.2 Å². The van der Waals surface area contributed by atoms with E-state index >= 15 is 0 Å². The van der Waals surface area contributed by atoms with E-state index in [0.717, 1.165) is 31.2 Å². The zero-order chi connectivity index (χ0) is 13.7. The Labute approximate surface area is 115 Å². The molecule has 100 valence electrons. The molecule has 1 aromatic carbocycles. The van der Waals surface area contributed by atoms with Crippen LogP contribution in [0, 0.1) is 0 Å². The average molecular weight is 255 g/mol. The van der Waals surface area contributed by atoms with Gasteiger partial charge in [0.2, 0.25) is 0 Å². The smallest absolute Gasteiger partial charge is 0.261 e. The Morgan fingerprint density at radius 3 is 1.95 bits per heavy atom. The second-order valence-electron chi connectivity index (χ2n) is 4.89. The monoisotopic (exact) mass is 255 g/mol. The predicted octanol–water partition coefficient (Wildman–Crippen LogP) is 4.08. The highest BCUT2D eigenvalue weighted by molar-refractivity contribution is 5.96. The molecule has 0 fully saturated rings. The van der Waals surface area contributed by atoms with E-state index < -0.39 is 0 Å². The third-order valence-electron chi connectivity index (χ3n) is 3.30. The molecule has 0 unspecified atom stereocenters. The second kappa shape index (κ2) is 6.37. The molecular formula is C17H21NO. The Bertz CT molecular complexity index is 516. The quantitative estimate of drug-likeness (QED) is 0.789. The minimum absolute atomic E-state index is 0.0558. The summed E-state index contributed by atoms with van der Waals surface area (Å²) in [5.41, 5.74) is 3.37. The first kappa shape index (κ1) is 13.6. The molecule has 0 amide bonds. The summed E-state index contributed by atoms with van der Waals surface area (Å²) in [5.74, 6) is 0.0558. The van der Waals surface area contributed by atoms with E-state index in [4.69, 9.17) is 0 Å². The van der Waals surface area contributed by atoms with Crippen molar-refractivity contribution in [3.8, 4) is 0 Å². The van der Waals surface area contributed by atoms with Gasteiger partial charge in [0.15, 0.2) is 0 Å². The summed E-state index contributed by atoms with van der Waals surface area (Å²) < 4.78 is 1.74. The van der Waals surface area contributed by atoms with Gasteiger partial charge in [-0.2, -0.15) is 0 Å². The van der Waals surface area contributed by atoms with Crippen LogP contribution in [-0.2, 0) is 12.8 Å². The second-order valence-corrected chi connectivity index (χ2v) is 4.89. The third kappa shape index (κ3) is 3.14. The number of carbonyl (C=O) groups excluding carboxylic acids is 1.